The van der Waals surface area contributed by atoms with E-state index in [1.165, 1.54) is 25.3 Å². The minimum atomic E-state index is -3.87. The third-order valence-electron chi connectivity index (χ3n) is 6.01. The first kappa shape index (κ1) is 26.3. The second-order valence-corrected chi connectivity index (χ2v) is 13.0. The number of rotatable bonds is 7. The number of amides is 2. The molecule has 0 bridgehead atoms. The lowest BCUT2D eigenvalue weighted by Crippen LogP contribution is -2.40. The van der Waals surface area contributed by atoms with E-state index < -0.39 is 21.6 Å². The minimum Gasteiger partial charge on any atom is -0.334 e. The van der Waals surface area contributed by atoms with Crippen molar-refractivity contribution < 1.29 is 13.2 Å². The van der Waals surface area contributed by atoms with Gasteiger partial charge in [-0.2, -0.15) is 0 Å². The van der Waals surface area contributed by atoms with Gasteiger partial charge in [0.1, 0.15) is 0 Å². The number of sulfonamides is 1. The summed E-state index contributed by atoms with van der Waals surface area (Å²) in [6.45, 7) is 5.78. The second kappa shape index (κ2) is 11.1. The largest absolute Gasteiger partial charge is 0.334 e. The third-order valence-corrected chi connectivity index (χ3v) is 9.00. The molecule has 2 aromatic carbocycles. The van der Waals surface area contributed by atoms with Crippen molar-refractivity contribution in [2.75, 3.05) is 5.32 Å². The van der Waals surface area contributed by atoms with Gasteiger partial charge in [-0.25, -0.2) is 22.9 Å². The number of hydrogen-bond acceptors (Lipinski definition) is 5. The van der Waals surface area contributed by atoms with E-state index in [4.69, 9.17) is 0 Å². The van der Waals surface area contributed by atoms with Crippen molar-refractivity contribution in [1.29, 1.82) is 0 Å². The molecule has 1 aromatic heterocycles. The van der Waals surface area contributed by atoms with Crippen LogP contribution in [0.2, 0.25) is 0 Å². The monoisotopic (exact) mass is 526 g/mol. The molecule has 0 radical (unpaired) electrons. The Morgan fingerprint density at radius 1 is 1.06 bits per heavy atom. The Morgan fingerprint density at radius 2 is 1.78 bits per heavy atom. The standard InChI is InChI=1S/C27H34N4O3S2/c1-27(2,3)31-36(33,34)24-16-21(30-26(32)29-17-19-10-6-4-7-11-19)14-15-22(24)23-18-28-25(35-23)20-12-8-5-9-13-20/h4,6-7,10-11,14-16,18,20,31H,5,8-9,12-13,17H2,1-3H3,(H2,29,30,32). The molecule has 0 unspecified atom stereocenters. The van der Waals surface area contributed by atoms with Crippen molar-refractivity contribution in [3.05, 3.63) is 65.3 Å². The molecule has 4 rings (SSSR count). The summed E-state index contributed by atoms with van der Waals surface area (Å²) in [6, 6.07) is 14.2. The molecule has 36 heavy (non-hydrogen) atoms. The smallest absolute Gasteiger partial charge is 0.319 e. The SMILES string of the molecule is CC(C)(C)NS(=O)(=O)c1cc(NC(=O)NCc2ccccc2)ccc1-c1cnc(C2CCCCC2)s1. The maximum absolute atomic E-state index is 13.4. The average Bonchev–Trinajstić information content (AvgIpc) is 3.33. The lowest BCUT2D eigenvalue weighted by Gasteiger charge is -2.22. The van der Waals surface area contributed by atoms with E-state index >= 15 is 0 Å². The van der Waals surface area contributed by atoms with Crippen molar-refractivity contribution in [1.82, 2.24) is 15.0 Å². The molecule has 9 heteroatoms. The quantitative estimate of drug-likeness (QED) is 0.338. The van der Waals surface area contributed by atoms with E-state index in [1.54, 1.807) is 50.4 Å². The van der Waals surface area contributed by atoms with Crippen LogP contribution in [0.3, 0.4) is 0 Å². The van der Waals surface area contributed by atoms with Gasteiger partial charge in [0.15, 0.2) is 0 Å². The molecular weight excluding hydrogens is 492 g/mol. The third kappa shape index (κ3) is 6.93. The molecule has 3 N–H and O–H groups in total. The van der Waals surface area contributed by atoms with Gasteiger partial charge in [0.2, 0.25) is 10.0 Å². The number of urea groups is 1. The first-order chi connectivity index (χ1) is 17.1. The molecular formula is C27H34N4O3S2. The molecule has 0 atom stereocenters. The van der Waals surface area contributed by atoms with E-state index in [1.807, 2.05) is 30.3 Å². The van der Waals surface area contributed by atoms with Crippen LogP contribution < -0.4 is 15.4 Å². The highest BCUT2D eigenvalue weighted by atomic mass is 32.2. The first-order valence-electron chi connectivity index (χ1n) is 12.3. The Labute approximate surface area is 217 Å². The van der Waals surface area contributed by atoms with E-state index in [0.717, 1.165) is 28.3 Å². The Morgan fingerprint density at radius 3 is 2.47 bits per heavy atom. The van der Waals surface area contributed by atoms with Crippen LogP contribution in [0.15, 0.2) is 59.6 Å². The Hall–Kier alpha value is -2.75. The van der Waals surface area contributed by atoms with E-state index in [-0.39, 0.29) is 4.90 Å². The van der Waals surface area contributed by atoms with Gasteiger partial charge >= 0.3 is 6.03 Å². The summed E-state index contributed by atoms with van der Waals surface area (Å²) in [7, 11) is -3.87. The van der Waals surface area contributed by atoms with Crippen LogP contribution in [0, 0.1) is 0 Å². The number of thiazole rings is 1. The Kier molecular flexibility index (Phi) is 8.12. The van der Waals surface area contributed by atoms with Gasteiger partial charge in [0, 0.05) is 35.4 Å². The highest BCUT2D eigenvalue weighted by Gasteiger charge is 2.27. The van der Waals surface area contributed by atoms with Gasteiger partial charge in [0.05, 0.1) is 14.8 Å². The van der Waals surface area contributed by atoms with Gasteiger partial charge in [-0.05, 0) is 51.3 Å². The van der Waals surface area contributed by atoms with Crippen LogP contribution in [0.4, 0.5) is 10.5 Å². The highest BCUT2D eigenvalue weighted by molar-refractivity contribution is 7.89. The molecule has 1 saturated carbocycles. The zero-order chi connectivity index (χ0) is 25.8. The van der Waals surface area contributed by atoms with Gasteiger partial charge in [-0.15, -0.1) is 11.3 Å². The molecule has 1 heterocycles. The zero-order valence-electron chi connectivity index (χ0n) is 21.0. The van der Waals surface area contributed by atoms with Crippen molar-refractivity contribution in [3.63, 3.8) is 0 Å². The summed E-state index contributed by atoms with van der Waals surface area (Å²) in [4.78, 5) is 18.1. The number of benzene rings is 2. The Balaban J connectivity index is 1.60. The minimum absolute atomic E-state index is 0.122. The van der Waals surface area contributed by atoms with Crippen molar-refractivity contribution in [3.8, 4) is 10.4 Å². The molecule has 192 valence electrons. The second-order valence-electron chi connectivity index (χ2n) is 10.3. The number of carbonyl (C=O) groups is 1. The number of anilines is 1. The summed E-state index contributed by atoms with van der Waals surface area (Å²) in [6.07, 6.45) is 7.72. The molecule has 1 fully saturated rings. The molecule has 1 aliphatic carbocycles. The van der Waals surface area contributed by atoms with Gasteiger partial charge in [-0.3, -0.25) is 0 Å². The summed E-state index contributed by atoms with van der Waals surface area (Å²) < 4.78 is 29.6. The molecule has 0 spiro atoms. The molecule has 0 aliphatic heterocycles. The van der Waals surface area contributed by atoms with Crippen LogP contribution in [-0.4, -0.2) is 25.0 Å². The lowest BCUT2D eigenvalue weighted by molar-refractivity contribution is 0.251. The van der Waals surface area contributed by atoms with Gasteiger partial charge < -0.3 is 10.6 Å². The van der Waals surface area contributed by atoms with Crippen LogP contribution in [0.1, 0.15) is 69.4 Å². The van der Waals surface area contributed by atoms with Crippen molar-refractivity contribution >= 4 is 33.1 Å². The summed E-state index contributed by atoms with van der Waals surface area (Å²) in [5, 5.41) is 6.64. The number of nitrogens with zero attached hydrogens (tertiary/aromatic N) is 1. The number of carbonyl (C=O) groups excluding carboxylic acids is 1. The molecule has 0 saturated heterocycles. The highest BCUT2D eigenvalue weighted by Crippen LogP contribution is 2.39. The summed E-state index contributed by atoms with van der Waals surface area (Å²) in [5.41, 5.74) is 1.30. The predicted octanol–water partition coefficient (Wildman–Crippen LogP) is 6.26. The van der Waals surface area contributed by atoms with Gasteiger partial charge in [0.25, 0.3) is 0 Å². The van der Waals surface area contributed by atoms with Crippen LogP contribution in [-0.2, 0) is 16.6 Å². The number of aromatic nitrogens is 1. The molecule has 7 nitrogen and oxygen atoms in total. The fraction of sp³-hybridized carbons (Fsp3) is 0.407. The van der Waals surface area contributed by atoms with Crippen LogP contribution in [0.25, 0.3) is 10.4 Å². The van der Waals surface area contributed by atoms with Crippen molar-refractivity contribution in [2.24, 2.45) is 0 Å². The predicted molar refractivity (Wildman–Crippen MR) is 146 cm³/mol. The maximum atomic E-state index is 13.4. The van der Waals surface area contributed by atoms with E-state index in [9.17, 15) is 13.2 Å². The first-order valence-corrected chi connectivity index (χ1v) is 14.6. The Bertz CT molecular complexity index is 1290. The maximum Gasteiger partial charge on any atom is 0.319 e. The normalized spacial score (nSPS) is 15.0. The van der Waals surface area contributed by atoms with Crippen LogP contribution in [0.5, 0.6) is 0 Å². The average molecular weight is 527 g/mol. The molecule has 3 aromatic rings. The fourth-order valence-corrected chi connectivity index (χ4v) is 7.24. The summed E-state index contributed by atoms with van der Waals surface area (Å²) >= 11 is 1.56. The number of hydrogen-bond donors (Lipinski definition) is 3. The zero-order valence-corrected chi connectivity index (χ0v) is 22.6. The fourth-order valence-electron chi connectivity index (χ4n) is 4.39. The summed E-state index contributed by atoms with van der Waals surface area (Å²) in [5.74, 6) is 0.444. The lowest BCUT2D eigenvalue weighted by atomic mass is 9.90. The van der Waals surface area contributed by atoms with E-state index in [2.05, 4.69) is 20.3 Å². The number of nitrogens with one attached hydrogen (secondary N) is 3. The molecule has 1 aliphatic rings. The molecule has 2 amide bonds. The van der Waals surface area contributed by atoms with Gasteiger partial charge in [-0.1, -0.05) is 55.7 Å². The van der Waals surface area contributed by atoms with Crippen LogP contribution >= 0.6 is 11.3 Å². The van der Waals surface area contributed by atoms with E-state index in [0.29, 0.717) is 23.7 Å². The van der Waals surface area contributed by atoms with Crippen molar-refractivity contribution in [2.45, 2.75) is 75.8 Å². The topological polar surface area (TPSA) is 100 Å².